The van der Waals surface area contributed by atoms with Gasteiger partial charge in [0.1, 0.15) is 13.2 Å². The maximum Gasteiger partial charge on any atom is 0.306 e. The molecule has 0 aromatic heterocycles. The zero-order valence-corrected chi connectivity index (χ0v) is 46.5. The molecule has 0 aliphatic carbocycles. The number of unbranched alkanes of at least 4 members (excludes halogenated alkanes) is 26. The van der Waals surface area contributed by atoms with Gasteiger partial charge in [-0.3, -0.25) is 14.4 Å². The number of rotatable bonds is 53. The average Bonchev–Trinajstić information content (AvgIpc) is 3.37. The van der Waals surface area contributed by atoms with Crippen molar-refractivity contribution in [3.63, 3.8) is 0 Å². The van der Waals surface area contributed by atoms with Gasteiger partial charge in [-0.1, -0.05) is 259 Å². The molecule has 6 heteroatoms. The number of hydrogen-bond donors (Lipinski definition) is 0. The second-order valence-corrected chi connectivity index (χ2v) is 19.5. The van der Waals surface area contributed by atoms with Gasteiger partial charge in [-0.25, -0.2) is 0 Å². The summed E-state index contributed by atoms with van der Waals surface area (Å²) in [4.78, 5) is 38.0. The standard InChI is InChI=1S/C65H110O6/c1-4-7-10-13-16-19-21-23-25-26-27-28-29-30-31-32-33-34-35-36-37-38-39-40-41-43-44-46-49-52-55-58-64(67)70-61-62(60-69-63(66)57-54-51-48-18-15-12-9-6-3)71-65(68)59-56-53-50-47-45-42-24-22-20-17-14-11-8-5-2/h7,10,14,16-17,19,22-25,27-28,30-31,33-34,62H,4-6,8-9,11-13,15,18,20-21,26,29,32,35-61H2,1-3H3/b10-7-,17-14-,19-16-,24-22-,25-23-,28-27-,31-30-,34-33-. The topological polar surface area (TPSA) is 78.9 Å². The van der Waals surface area contributed by atoms with Gasteiger partial charge in [-0.15, -0.1) is 0 Å². The zero-order chi connectivity index (χ0) is 51.4. The largest absolute Gasteiger partial charge is 0.462 e. The van der Waals surface area contributed by atoms with Crippen molar-refractivity contribution in [2.75, 3.05) is 13.2 Å². The van der Waals surface area contributed by atoms with Crippen LogP contribution in [0, 0.1) is 0 Å². The number of ether oxygens (including phenoxy) is 3. The van der Waals surface area contributed by atoms with E-state index in [2.05, 4.69) is 118 Å². The highest BCUT2D eigenvalue weighted by Gasteiger charge is 2.19. The highest BCUT2D eigenvalue weighted by Crippen LogP contribution is 2.15. The predicted octanol–water partition coefficient (Wildman–Crippen LogP) is 20.1. The van der Waals surface area contributed by atoms with E-state index < -0.39 is 6.10 Å². The lowest BCUT2D eigenvalue weighted by atomic mass is 10.0. The Morgan fingerprint density at radius 2 is 0.563 bits per heavy atom. The Morgan fingerprint density at radius 3 is 0.901 bits per heavy atom. The number of allylic oxidation sites excluding steroid dienone is 16. The van der Waals surface area contributed by atoms with Crippen molar-refractivity contribution >= 4 is 17.9 Å². The quantitative estimate of drug-likeness (QED) is 0.0261. The van der Waals surface area contributed by atoms with E-state index >= 15 is 0 Å². The van der Waals surface area contributed by atoms with Crippen molar-refractivity contribution in [3.05, 3.63) is 97.2 Å². The minimum atomic E-state index is -0.782. The van der Waals surface area contributed by atoms with Crippen LogP contribution in [0.1, 0.15) is 278 Å². The molecule has 0 aromatic carbocycles. The minimum Gasteiger partial charge on any atom is -0.462 e. The average molecular weight is 988 g/mol. The van der Waals surface area contributed by atoms with Crippen molar-refractivity contribution in [2.45, 2.75) is 284 Å². The molecule has 0 amide bonds. The molecule has 406 valence electrons. The van der Waals surface area contributed by atoms with Gasteiger partial charge in [-0.05, 0) is 96.3 Å². The first-order valence-corrected chi connectivity index (χ1v) is 29.7. The lowest BCUT2D eigenvalue weighted by molar-refractivity contribution is -0.167. The molecule has 0 fully saturated rings. The lowest BCUT2D eigenvalue weighted by Gasteiger charge is -2.18. The van der Waals surface area contributed by atoms with Gasteiger partial charge < -0.3 is 14.2 Å². The molecule has 0 heterocycles. The summed E-state index contributed by atoms with van der Waals surface area (Å²) in [5.41, 5.74) is 0. The van der Waals surface area contributed by atoms with Crippen LogP contribution >= 0.6 is 0 Å². The summed E-state index contributed by atoms with van der Waals surface area (Å²) in [5.74, 6) is -0.898. The summed E-state index contributed by atoms with van der Waals surface area (Å²) in [6.45, 7) is 6.45. The maximum atomic E-state index is 12.8. The van der Waals surface area contributed by atoms with Gasteiger partial charge in [0, 0.05) is 19.3 Å². The van der Waals surface area contributed by atoms with Crippen LogP contribution in [0.2, 0.25) is 0 Å². The number of carbonyl (C=O) groups is 3. The van der Waals surface area contributed by atoms with E-state index in [0.29, 0.717) is 19.3 Å². The SMILES string of the molecule is CC/C=C\C/C=C\C/C=C\C/C=C\C/C=C\C/C=C\CCCCCCCCCCCCCCC(=O)OCC(COC(=O)CCCCCCCCCC)OC(=O)CCCCCCC/C=C\C/C=C\CCCC. The van der Waals surface area contributed by atoms with Crippen LogP contribution in [0.3, 0.4) is 0 Å². The third-order valence-electron chi connectivity index (χ3n) is 12.6. The van der Waals surface area contributed by atoms with Crippen LogP contribution in [0.15, 0.2) is 97.2 Å². The molecule has 71 heavy (non-hydrogen) atoms. The fourth-order valence-electron chi connectivity index (χ4n) is 8.11. The van der Waals surface area contributed by atoms with E-state index in [-0.39, 0.29) is 31.1 Å². The van der Waals surface area contributed by atoms with Crippen LogP contribution in [0.4, 0.5) is 0 Å². The van der Waals surface area contributed by atoms with Gasteiger partial charge in [0.15, 0.2) is 6.10 Å². The summed E-state index contributed by atoms with van der Waals surface area (Å²) in [6.07, 6.45) is 78.5. The summed E-state index contributed by atoms with van der Waals surface area (Å²) in [5, 5.41) is 0. The predicted molar refractivity (Wildman–Crippen MR) is 307 cm³/mol. The molecule has 6 nitrogen and oxygen atoms in total. The molecule has 0 saturated carbocycles. The Labute approximate surface area is 438 Å². The molecular weight excluding hydrogens is 877 g/mol. The Hall–Kier alpha value is -3.67. The molecule has 0 spiro atoms. The van der Waals surface area contributed by atoms with E-state index in [9.17, 15) is 14.4 Å². The van der Waals surface area contributed by atoms with Crippen LogP contribution in [0.25, 0.3) is 0 Å². The number of esters is 3. The molecule has 0 aromatic rings. The summed E-state index contributed by atoms with van der Waals surface area (Å²) >= 11 is 0. The normalized spacial score (nSPS) is 12.8. The van der Waals surface area contributed by atoms with Crippen LogP contribution in [-0.4, -0.2) is 37.2 Å². The fourth-order valence-corrected chi connectivity index (χ4v) is 8.11. The monoisotopic (exact) mass is 987 g/mol. The van der Waals surface area contributed by atoms with E-state index in [1.165, 1.54) is 116 Å². The lowest BCUT2D eigenvalue weighted by Crippen LogP contribution is -2.30. The first-order chi connectivity index (χ1) is 35.0. The van der Waals surface area contributed by atoms with E-state index in [1.54, 1.807) is 0 Å². The van der Waals surface area contributed by atoms with E-state index in [0.717, 1.165) is 122 Å². The third-order valence-corrected chi connectivity index (χ3v) is 12.6. The second-order valence-electron chi connectivity index (χ2n) is 19.5. The Morgan fingerprint density at radius 1 is 0.296 bits per heavy atom. The second kappa shape index (κ2) is 58.9. The summed E-state index contributed by atoms with van der Waals surface area (Å²) in [6, 6.07) is 0. The van der Waals surface area contributed by atoms with Crippen LogP contribution in [0.5, 0.6) is 0 Å². The molecule has 0 aliphatic rings. The molecule has 0 aliphatic heterocycles. The maximum absolute atomic E-state index is 12.8. The van der Waals surface area contributed by atoms with E-state index in [4.69, 9.17) is 14.2 Å². The highest BCUT2D eigenvalue weighted by atomic mass is 16.6. The molecular formula is C65H110O6. The molecule has 0 N–H and O–H groups in total. The summed E-state index contributed by atoms with van der Waals surface area (Å²) in [7, 11) is 0. The van der Waals surface area contributed by atoms with Crippen LogP contribution in [-0.2, 0) is 28.6 Å². The highest BCUT2D eigenvalue weighted by molar-refractivity contribution is 5.71. The van der Waals surface area contributed by atoms with Crippen molar-refractivity contribution in [1.82, 2.24) is 0 Å². The zero-order valence-electron chi connectivity index (χ0n) is 46.5. The van der Waals surface area contributed by atoms with Crippen molar-refractivity contribution in [3.8, 4) is 0 Å². The Balaban J connectivity index is 4.12. The van der Waals surface area contributed by atoms with Gasteiger partial charge in [-0.2, -0.15) is 0 Å². The first kappa shape index (κ1) is 67.3. The summed E-state index contributed by atoms with van der Waals surface area (Å²) < 4.78 is 16.8. The molecule has 0 radical (unpaired) electrons. The Kier molecular flexibility index (Phi) is 55.9. The third kappa shape index (κ3) is 57.1. The molecule has 0 bridgehead atoms. The fraction of sp³-hybridized carbons (Fsp3) is 0.708. The number of hydrogen-bond acceptors (Lipinski definition) is 6. The van der Waals surface area contributed by atoms with Gasteiger partial charge >= 0.3 is 17.9 Å². The molecule has 1 unspecified atom stereocenters. The van der Waals surface area contributed by atoms with Crippen LogP contribution < -0.4 is 0 Å². The Bertz CT molecular complexity index is 1410. The van der Waals surface area contributed by atoms with Crippen molar-refractivity contribution in [1.29, 1.82) is 0 Å². The molecule has 1 atom stereocenters. The van der Waals surface area contributed by atoms with Crippen molar-refractivity contribution < 1.29 is 28.6 Å². The molecule has 0 saturated heterocycles. The molecule has 0 rings (SSSR count). The minimum absolute atomic E-state index is 0.0814. The van der Waals surface area contributed by atoms with Crippen molar-refractivity contribution in [2.24, 2.45) is 0 Å². The first-order valence-electron chi connectivity index (χ1n) is 29.7. The van der Waals surface area contributed by atoms with Gasteiger partial charge in [0.05, 0.1) is 0 Å². The number of carbonyl (C=O) groups excluding carboxylic acids is 3. The van der Waals surface area contributed by atoms with Gasteiger partial charge in [0.2, 0.25) is 0 Å². The van der Waals surface area contributed by atoms with E-state index in [1.807, 2.05) is 0 Å². The smallest absolute Gasteiger partial charge is 0.306 e. The van der Waals surface area contributed by atoms with Gasteiger partial charge in [0.25, 0.3) is 0 Å².